The molecular weight excluding hydrogens is 316 g/mol. The molecular formula is C15H29BrN4. The molecule has 1 aromatic rings. The van der Waals surface area contributed by atoms with E-state index in [1.165, 1.54) is 0 Å². The van der Waals surface area contributed by atoms with Crippen LogP contribution in [0, 0.1) is 0 Å². The average Bonchev–Trinajstić information content (AvgIpc) is 2.80. The Morgan fingerprint density at radius 2 is 1.95 bits per heavy atom. The zero-order valence-corrected chi connectivity index (χ0v) is 15.1. The van der Waals surface area contributed by atoms with Crippen molar-refractivity contribution in [1.82, 2.24) is 14.7 Å². The molecule has 0 saturated carbocycles. The van der Waals surface area contributed by atoms with Gasteiger partial charge in [-0.15, -0.1) is 0 Å². The fraction of sp³-hybridized carbons (Fsp3) is 0.800. The highest BCUT2D eigenvalue weighted by Crippen LogP contribution is 2.35. The molecule has 0 fully saturated rings. The van der Waals surface area contributed by atoms with Gasteiger partial charge in [-0.05, 0) is 48.8 Å². The van der Waals surface area contributed by atoms with Gasteiger partial charge in [-0.1, -0.05) is 27.7 Å². The molecule has 0 bridgehead atoms. The summed E-state index contributed by atoms with van der Waals surface area (Å²) in [6.45, 7) is 14.0. The Hall–Kier alpha value is -0.390. The number of hydrogen-bond acceptors (Lipinski definition) is 3. The molecule has 2 unspecified atom stereocenters. The van der Waals surface area contributed by atoms with Gasteiger partial charge < -0.3 is 5.73 Å². The minimum absolute atomic E-state index is 0.0580. The number of aryl methyl sites for hydroxylation is 1. The second-order valence-corrected chi connectivity index (χ2v) is 6.32. The fourth-order valence-corrected chi connectivity index (χ4v) is 3.49. The highest BCUT2D eigenvalue weighted by molar-refractivity contribution is 9.10. The Morgan fingerprint density at radius 1 is 1.35 bits per heavy atom. The van der Waals surface area contributed by atoms with E-state index in [9.17, 15) is 0 Å². The number of rotatable bonds is 8. The van der Waals surface area contributed by atoms with Crippen molar-refractivity contribution < 1.29 is 0 Å². The summed E-state index contributed by atoms with van der Waals surface area (Å²) < 4.78 is 3.07. The quantitative estimate of drug-likeness (QED) is 0.784. The minimum Gasteiger partial charge on any atom is -0.321 e. The third kappa shape index (κ3) is 3.26. The molecule has 1 heterocycles. The average molecular weight is 345 g/mol. The molecule has 0 aliphatic rings. The summed E-state index contributed by atoms with van der Waals surface area (Å²) in [6.07, 6.45) is 3.94. The maximum absolute atomic E-state index is 6.68. The van der Waals surface area contributed by atoms with Crippen molar-refractivity contribution in [1.29, 1.82) is 0 Å². The lowest BCUT2D eigenvalue weighted by Crippen LogP contribution is -2.53. The molecule has 0 radical (unpaired) electrons. The highest BCUT2D eigenvalue weighted by atomic mass is 79.9. The molecule has 0 amide bonds. The van der Waals surface area contributed by atoms with Gasteiger partial charge in [0.05, 0.1) is 22.4 Å². The first-order chi connectivity index (χ1) is 9.46. The van der Waals surface area contributed by atoms with Crippen LogP contribution in [0.4, 0.5) is 0 Å². The summed E-state index contributed by atoms with van der Waals surface area (Å²) >= 11 is 3.62. The standard InChI is InChI=1S/C15H29BrN4/c1-6-10-20-13(12(16)11-18-20)14(17)15(5,7-2)19(8-3)9-4/h11,14H,6-10,17H2,1-5H3. The van der Waals surface area contributed by atoms with E-state index in [4.69, 9.17) is 5.73 Å². The van der Waals surface area contributed by atoms with Crippen molar-refractivity contribution in [3.63, 3.8) is 0 Å². The number of nitrogens with zero attached hydrogens (tertiary/aromatic N) is 3. The fourth-order valence-electron chi connectivity index (χ4n) is 2.95. The van der Waals surface area contributed by atoms with Gasteiger partial charge in [-0.2, -0.15) is 5.10 Å². The molecule has 0 aliphatic carbocycles. The molecule has 20 heavy (non-hydrogen) atoms. The predicted octanol–water partition coefficient (Wildman–Crippen LogP) is 3.57. The van der Waals surface area contributed by atoms with E-state index in [1.807, 2.05) is 10.9 Å². The lowest BCUT2D eigenvalue weighted by atomic mass is 9.85. The Kier molecular flexibility index (Phi) is 6.69. The van der Waals surface area contributed by atoms with Gasteiger partial charge >= 0.3 is 0 Å². The monoisotopic (exact) mass is 344 g/mol. The minimum atomic E-state index is -0.0594. The maximum Gasteiger partial charge on any atom is 0.0712 e. The molecule has 0 spiro atoms. The number of hydrogen-bond donors (Lipinski definition) is 1. The number of likely N-dealkylation sites (N-methyl/N-ethyl adjacent to an activating group) is 1. The van der Waals surface area contributed by atoms with Gasteiger partial charge in [0.15, 0.2) is 0 Å². The number of nitrogens with two attached hydrogens (primary N) is 1. The van der Waals surface area contributed by atoms with Crippen molar-refractivity contribution in [3.8, 4) is 0 Å². The lowest BCUT2D eigenvalue weighted by molar-refractivity contribution is 0.0810. The first-order valence-corrected chi connectivity index (χ1v) is 8.47. The molecule has 0 aliphatic heterocycles. The van der Waals surface area contributed by atoms with Crippen LogP contribution in [0.3, 0.4) is 0 Å². The van der Waals surface area contributed by atoms with E-state index in [1.54, 1.807) is 0 Å². The van der Waals surface area contributed by atoms with Crippen LogP contribution in [0.25, 0.3) is 0 Å². The first-order valence-electron chi connectivity index (χ1n) is 7.67. The highest BCUT2D eigenvalue weighted by Gasteiger charge is 2.38. The van der Waals surface area contributed by atoms with Gasteiger partial charge in [0.1, 0.15) is 0 Å². The van der Waals surface area contributed by atoms with Crippen LogP contribution in [-0.2, 0) is 6.54 Å². The number of halogens is 1. The van der Waals surface area contributed by atoms with Gasteiger partial charge in [-0.25, -0.2) is 0 Å². The van der Waals surface area contributed by atoms with Gasteiger partial charge in [-0.3, -0.25) is 9.58 Å². The van der Waals surface area contributed by atoms with Crippen molar-refractivity contribution in [2.75, 3.05) is 13.1 Å². The van der Waals surface area contributed by atoms with Gasteiger partial charge in [0.2, 0.25) is 0 Å². The largest absolute Gasteiger partial charge is 0.321 e. The van der Waals surface area contributed by atoms with Crippen molar-refractivity contribution in [2.45, 2.75) is 65.6 Å². The molecule has 2 N–H and O–H groups in total. The van der Waals surface area contributed by atoms with E-state index in [0.29, 0.717) is 0 Å². The summed E-state index contributed by atoms with van der Waals surface area (Å²) in [7, 11) is 0. The van der Waals surface area contributed by atoms with E-state index in [-0.39, 0.29) is 11.6 Å². The second-order valence-electron chi connectivity index (χ2n) is 5.46. The molecule has 116 valence electrons. The van der Waals surface area contributed by atoms with Crippen LogP contribution in [0.5, 0.6) is 0 Å². The van der Waals surface area contributed by atoms with Crippen LogP contribution in [0.2, 0.25) is 0 Å². The number of aromatic nitrogens is 2. The van der Waals surface area contributed by atoms with Crippen molar-refractivity contribution >= 4 is 15.9 Å². The summed E-state index contributed by atoms with van der Waals surface area (Å²) in [5, 5.41) is 4.46. The van der Waals surface area contributed by atoms with E-state index in [2.05, 4.69) is 60.5 Å². The maximum atomic E-state index is 6.68. The molecule has 4 nitrogen and oxygen atoms in total. The second kappa shape index (κ2) is 7.57. The Bertz CT molecular complexity index is 414. The summed E-state index contributed by atoms with van der Waals surface area (Å²) in [5.74, 6) is 0. The third-order valence-electron chi connectivity index (χ3n) is 4.43. The molecule has 1 rings (SSSR count). The predicted molar refractivity (Wildman–Crippen MR) is 88.8 cm³/mol. The Morgan fingerprint density at radius 3 is 2.40 bits per heavy atom. The van der Waals surface area contributed by atoms with Crippen LogP contribution < -0.4 is 5.73 Å². The van der Waals surface area contributed by atoms with E-state index >= 15 is 0 Å². The Labute approximate surface area is 131 Å². The van der Waals surface area contributed by atoms with Crippen LogP contribution in [-0.4, -0.2) is 33.3 Å². The van der Waals surface area contributed by atoms with Crippen molar-refractivity contribution in [2.24, 2.45) is 5.73 Å². The normalized spacial score (nSPS) is 16.4. The molecule has 0 saturated heterocycles. The topological polar surface area (TPSA) is 47.1 Å². The lowest BCUT2D eigenvalue weighted by Gasteiger charge is -2.44. The van der Waals surface area contributed by atoms with Gasteiger partial charge in [0.25, 0.3) is 0 Å². The van der Waals surface area contributed by atoms with Gasteiger partial charge in [0, 0.05) is 12.1 Å². The van der Waals surface area contributed by atoms with Crippen LogP contribution >= 0.6 is 15.9 Å². The molecule has 1 aromatic heterocycles. The van der Waals surface area contributed by atoms with Crippen molar-refractivity contribution in [3.05, 3.63) is 16.4 Å². The van der Waals surface area contributed by atoms with E-state index < -0.39 is 0 Å². The van der Waals surface area contributed by atoms with Crippen LogP contribution in [0.1, 0.15) is 59.2 Å². The third-order valence-corrected chi connectivity index (χ3v) is 5.05. The van der Waals surface area contributed by atoms with E-state index in [0.717, 1.165) is 42.6 Å². The molecule has 0 aromatic carbocycles. The summed E-state index contributed by atoms with van der Waals surface area (Å²) in [5.41, 5.74) is 7.74. The van der Waals surface area contributed by atoms with Crippen LogP contribution in [0.15, 0.2) is 10.7 Å². The zero-order valence-electron chi connectivity index (χ0n) is 13.5. The SMILES string of the molecule is CCCn1ncc(Br)c1C(N)C(C)(CC)N(CC)CC. The molecule has 5 heteroatoms. The first kappa shape index (κ1) is 17.7. The molecule has 2 atom stereocenters. The smallest absolute Gasteiger partial charge is 0.0712 e. The summed E-state index contributed by atoms with van der Waals surface area (Å²) in [6, 6.07) is -0.0594. The Balaban J connectivity index is 3.19. The summed E-state index contributed by atoms with van der Waals surface area (Å²) in [4.78, 5) is 2.45. The zero-order chi connectivity index (χ0) is 15.3.